The van der Waals surface area contributed by atoms with E-state index in [2.05, 4.69) is 4.72 Å². The van der Waals surface area contributed by atoms with Gasteiger partial charge in [0.05, 0.1) is 11.4 Å². The van der Waals surface area contributed by atoms with Crippen LogP contribution in [0.4, 0.5) is 10.1 Å². The normalized spacial score (nSPS) is 11.8. The second-order valence-electron chi connectivity index (χ2n) is 5.36. The van der Waals surface area contributed by atoms with Crippen LogP contribution in [-0.2, 0) is 10.0 Å². The lowest BCUT2D eigenvalue weighted by Gasteiger charge is -2.12. The molecular weight excluding hydrogens is 291 g/mol. The molecule has 114 valence electrons. The Morgan fingerprint density at radius 1 is 1.24 bits per heavy atom. The number of rotatable bonds is 6. The smallest absolute Gasteiger partial charge is 0.232 e. The topological polar surface area (TPSA) is 51.1 Å². The van der Waals surface area contributed by atoms with Crippen molar-refractivity contribution in [3.8, 4) is 5.69 Å². The van der Waals surface area contributed by atoms with Crippen molar-refractivity contribution in [2.45, 2.75) is 20.3 Å². The Kier molecular flexibility index (Phi) is 4.67. The molecule has 0 radical (unpaired) electrons. The van der Waals surface area contributed by atoms with Crippen molar-refractivity contribution in [1.29, 1.82) is 0 Å². The van der Waals surface area contributed by atoms with Gasteiger partial charge in [0, 0.05) is 18.1 Å². The highest BCUT2D eigenvalue weighted by Crippen LogP contribution is 2.21. The molecule has 1 aromatic heterocycles. The van der Waals surface area contributed by atoms with Crippen LogP contribution in [0.5, 0.6) is 0 Å². The molecule has 0 aliphatic heterocycles. The molecule has 2 rings (SSSR count). The van der Waals surface area contributed by atoms with E-state index in [0.717, 1.165) is 0 Å². The first-order chi connectivity index (χ1) is 9.87. The Morgan fingerprint density at radius 2 is 1.90 bits per heavy atom. The standard InChI is InChI=1S/C15H19FN2O2S/c1-12(2)7-10-21(19,20)17-15-11-13(5-6-14(15)16)18-8-3-4-9-18/h3-6,8-9,11-12,17H,7,10H2,1-2H3. The summed E-state index contributed by atoms with van der Waals surface area (Å²) in [5.74, 6) is -0.325. The molecule has 0 atom stereocenters. The van der Waals surface area contributed by atoms with Gasteiger partial charge in [0.2, 0.25) is 10.0 Å². The Labute approximate surface area is 124 Å². The van der Waals surface area contributed by atoms with E-state index < -0.39 is 15.8 Å². The fourth-order valence-electron chi connectivity index (χ4n) is 1.87. The first-order valence-electron chi connectivity index (χ1n) is 6.81. The fourth-order valence-corrected chi connectivity index (χ4v) is 3.24. The number of nitrogens with one attached hydrogen (secondary N) is 1. The maximum atomic E-state index is 13.8. The van der Waals surface area contributed by atoms with Gasteiger partial charge in [-0.2, -0.15) is 0 Å². The minimum absolute atomic E-state index is 0.0160. The highest BCUT2D eigenvalue weighted by Gasteiger charge is 2.14. The van der Waals surface area contributed by atoms with E-state index in [1.165, 1.54) is 12.1 Å². The molecule has 0 fully saturated rings. The molecule has 1 N–H and O–H groups in total. The molecule has 0 saturated carbocycles. The maximum Gasteiger partial charge on any atom is 0.232 e. The lowest BCUT2D eigenvalue weighted by molar-refractivity contribution is 0.576. The van der Waals surface area contributed by atoms with Crippen LogP contribution in [0.15, 0.2) is 42.7 Å². The summed E-state index contributed by atoms with van der Waals surface area (Å²) < 4.78 is 41.9. The van der Waals surface area contributed by atoms with Gasteiger partial charge >= 0.3 is 0 Å². The molecule has 1 aromatic carbocycles. The predicted molar refractivity (Wildman–Crippen MR) is 82.6 cm³/mol. The Hall–Kier alpha value is -1.82. The molecule has 2 aromatic rings. The van der Waals surface area contributed by atoms with E-state index in [9.17, 15) is 12.8 Å². The van der Waals surface area contributed by atoms with Crippen LogP contribution in [0.3, 0.4) is 0 Å². The van der Waals surface area contributed by atoms with Crippen LogP contribution in [-0.4, -0.2) is 18.7 Å². The number of benzene rings is 1. The van der Waals surface area contributed by atoms with E-state index in [0.29, 0.717) is 12.1 Å². The van der Waals surface area contributed by atoms with Crippen LogP contribution in [0.1, 0.15) is 20.3 Å². The molecular formula is C15H19FN2O2S. The quantitative estimate of drug-likeness (QED) is 0.889. The van der Waals surface area contributed by atoms with Crippen molar-refractivity contribution >= 4 is 15.7 Å². The van der Waals surface area contributed by atoms with Crippen LogP contribution in [0, 0.1) is 11.7 Å². The molecule has 21 heavy (non-hydrogen) atoms. The third-order valence-electron chi connectivity index (χ3n) is 3.08. The lowest BCUT2D eigenvalue weighted by atomic mass is 10.2. The Balaban J connectivity index is 2.22. The first-order valence-corrected chi connectivity index (χ1v) is 8.46. The third-order valence-corrected chi connectivity index (χ3v) is 4.39. The number of aromatic nitrogens is 1. The van der Waals surface area contributed by atoms with E-state index in [4.69, 9.17) is 0 Å². The van der Waals surface area contributed by atoms with Crippen molar-refractivity contribution in [3.05, 3.63) is 48.5 Å². The average Bonchev–Trinajstić information content (AvgIpc) is 2.93. The number of nitrogens with zero attached hydrogens (tertiary/aromatic N) is 1. The number of hydrogen-bond donors (Lipinski definition) is 1. The number of anilines is 1. The summed E-state index contributed by atoms with van der Waals surface area (Å²) in [6, 6.07) is 8.03. The molecule has 1 heterocycles. The largest absolute Gasteiger partial charge is 0.324 e. The molecule has 4 nitrogen and oxygen atoms in total. The minimum Gasteiger partial charge on any atom is -0.324 e. The van der Waals surface area contributed by atoms with Crippen molar-refractivity contribution < 1.29 is 12.8 Å². The second kappa shape index (κ2) is 6.30. The van der Waals surface area contributed by atoms with Gasteiger partial charge in [-0.05, 0) is 42.7 Å². The maximum absolute atomic E-state index is 13.8. The van der Waals surface area contributed by atoms with Crippen molar-refractivity contribution in [2.24, 2.45) is 5.92 Å². The summed E-state index contributed by atoms with van der Waals surface area (Å²) in [5.41, 5.74) is 0.674. The summed E-state index contributed by atoms with van der Waals surface area (Å²) in [6.07, 6.45) is 4.16. The first kappa shape index (κ1) is 15.6. The highest BCUT2D eigenvalue weighted by atomic mass is 32.2. The number of sulfonamides is 1. The summed E-state index contributed by atoms with van der Waals surface area (Å²) >= 11 is 0. The zero-order valence-corrected chi connectivity index (χ0v) is 12.9. The van der Waals surface area contributed by atoms with E-state index in [1.807, 2.05) is 38.4 Å². The molecule has 0 aliphatic rings. The van der Waals surface area contributed by atoms with Gasteiger partial charge in [0.25, 0.3) is 0 Å². The SMILES string of the molecule is CC(C)CCS(=O)(=O)Nc1cc(-n2cccc2)ccc1F. The van der Waals surface area contributed by atoms with Crippen molar-refractivity contribution in [3.63, 3.8) is 0 Å². The molecule has 6 heteroatoms. The number of halogens is 1. The highest BCUT2D eigenvalue weighted by molar-refractivity contribution is 7.92. The minimum atomic E-state index is -3.54. The zero-order chi connectivity index (χ0) is 15.5. The van der Waals surface area contributed by atoms with Crippen LogP contribution >= 0.6 is 0 Å². The van der Waals surface area contributed by atoms with Crippen molar-refractivity contribution in [1.82, 2.24) is 4.57 Å². The third kappa shape index (κ3) is 4.32. The van der Waals surface area contributed by atoms with Crippen LogP contribution in [0.2, 0.25) is 0 Å². The monoisotopic (exact) mass is 310 g/mol. The van der Waals surface area contributed by atoms with Gasteiger partial charge in [0.15, 0.2) is 0 Å². The Morgan fingerprint density at radius 3 is 2.52 bits per heavy atom. The summed E-state index contributed by atoms with van der Waals surface area (Å²) in [7, 11) is -3.54. The van der Waals surface area contributed by atoms with Gasteiger partial charge in [-0.25, -0.2) is 12.8 Å². The fraction of sp³-hybridized carbons (Fsp3) is 0.333. The zero-order valence-electron chi connectivity index (χ0n) is 12.1. The Bertz CT molecular complexity index is 694. The summed E-state index contributed by atoms with van der Waals surface area (Å²) in [5, 5.41) is 0. The molecule has 0 amide bonds. The molecule has 0 unspecified atom stereocenters. The summed E-state index contributed by atoms with van der Waals surface area (Å²) in [4.78, 5) is 0. The molecule has 0 saturated heterocycles. The van der Waals surface area contributed by atoms with E-state index in [1.54, 1.807) is 10.6 Å². The van der Waals surface area contributed by atoms with Gasteiger partial charge in [0.1, 0.15) is 5.82 Å². The second-order valence-corrected chi connectivity index (χ2v) is 7.20. The summed E-state index contributed by atoms with van der Waals surface area (Å²) in [6.45, 7) is 3.89. The van der Waals surface area contributed by atoms with E-state index in [-0.39, 0.29) is 17.4 Å². The molecule has 0 spiro atoms. The van der Waals surface area contributed by atoms with Crippen molar-refractivity contribution in [2.75, 3.05) is 10.5 Å². The molecule has 0 bridgehead atoms. The van der Waals surface area contributed by atoms with Crippen LogP contribution in [0.25, 0.3) is 5.69 Å². The number of hydrogen-bond acceptors (Lipinski definition) is 2. The van der Waals surface area contributed by atoms with E-state index >= 15 is 0 Å². The molecule has 0 aliphatic carbocycles. The van der Waals surface area contributed by atoms with Crippen LogP contribution < -0.4 is 4.72 Å². The average molecular weight is 310 g/mol. The van der Waals surface area contributed by atoms with Gasteiger partial charge < -0.3 is 4.57 Å². The lowest BCUT2D eigenvalue weighted by Crippen LogP contribution is -2.18. The van der Waals surface area contributed by atoms with Gasteiger partial charge in [-0.3, -0.25) is 4.72 Å². The van der Waals surface area contributed by atoms with Gasteiger partial charge in [-0.15, -0.1) is 0 Å². The predicted octanol–water partition coefficient (Wildman–Crippen LogP) is 3.40. The van der Waals surface area contributed by atoms with Gasteiger partial charge in [-0.1, -0.05) is 13.8 Å².